The fourth-order valence-electron chi connectivity index (χ4n) is 8.18. The molecule has 0 bridgehead atoms. The van der Waals surface area contributed by atoms with Gasteiger partial charge in [0, 0.05) is 17.9 Å². The Labute approximate surface area is 252 Å². The first-order chi connectivity index (χ1) is 20.0. The number of esters is 1. The number of hydrogen-bond donors (Lipinski definition) is 1. The van der Waals surface area contributed by atoms with Gasteiger partial charge >= 0.3 is 5.97 Å². The van der Waals surface area contributed by atoms with Gasteiger partial charge in [0.05, 0.1) is 11.3 Å². The minimum absolute atomic E-state index is 0.0954. The molecule has 0 amide bonds. The lowest BCUT2D eigenvalue weighted by molar-refractivity contribution is -0.135. The smallest absolute Gasteiger partial charge is 0.338 e. The minimum Gasteiger partial charge on any atom is -0.458 e. The second-order valence-corrected chi connectivity index (χ2v) is 18.1. The van der Waals surface area contributed by atoms with Gasteiger partial charge in [-0.3, -0.25) is 0 Å². The van der Waals surface area contributed by atoms with Crippen LogP contribution < -0.4 is 10.4 Å². The zero-order valence-electron chi connectivity index (χ0n) is 25.7. The maximum Gasteiger partial charge on any atom is 0.338 e. The number of carbonyl (C=O) groups excluding carboxylic acids is 1. The van der Waals surface area contributed by atoms with Gasteiger partial charge in [-0.25, -0.2) is 4.79 Å². The van der Waals surface area contributed by atoms with Crippen LogP contribution in [0.5, 0.6) is 0 Å². The Hall–Kier alpha value is -3.22. The van der Waals surface area contributed by atoms with Crippen molar-refractivity contribution in [2.45, 2.75) is 65.3 Å². The largest absolute Gasteiger partial charge is 0.458 e. The van der Waals surface area contributed by atoms with Gasteiger partial charge in [-0.15, -0.1) is 0 Å². The van der Waals surface area contributed by atoms with Crippen LogP contribution in [0.3, 0.4) is 0 Å². The monoisotopic (exact) mass is 583 g/mol. The molecule has 1 N–H and O–H groups in total. The molecule has 42 heavy (non-hydrogen) atoms. The predicted molar refractivity (Wildman–Crippen MR) is 172 cm³/mol. The molecular weight excluding hydrogens is 538 g/mol. The van der Waals surface area contributed by atoms with E-state index in [9.17, 15) is 10.0 Å². The SMILES string of the molecule is C=C1CC[C@H]2[C@@](C)(CC/C(=N\O)[C@@]2(C)CO[Si](c2ccccc2)(c2ccccc2)C(C)(C)C)[C@@H]1/C=C/C1=CCOC1=O. The first kappa shape index (κ1) is 30.2. The summed E-state index contributed by atoms with van der Waals surface area (Å²) >= 11 is 0. The first-order valence-electron chi connectivity index (χ1n) is 15.2. The second-order valence-electron chi connectivity index (χ2n) is 13.8. The summed E-state index contributed by atoms with van der Waals surface area (Å²) in [7, 11) is -2.80. The lowest BCUT2D eigenvalue weighted by Gasteiger charge is -2.58. The summed E-state index contributed by atoms with van der Waals surface area (Å²) in [5, 5.41) is 16.6. The fourth-order valence-corrected chi connectivity index (χ4v) is 12.9. The number of hydrogen-bond acceptors (Lipinski definition) is 5. The third-order valence-electron chi connectivity index (χ3n) is 10.4. The number of carbonyl (C=O) groups is 1. The number of fused-ring (bicyclic) bond motifs is 1. The molecule has 2 aliphatic carbocycles. The van der Waals surface area contributed by atoms with E-state index in [0.29, 0.717) is 25.2 Å². The van der Waals surface area contributed by atoms with Crippen LogP contribution in [0.2, 0.25) is 5.04 Å². The molecule has 5 rings (SSSR count). The molecule has 4 atom stereocenters. The maximum atomic E-state index is 12.1. The summed E-state index contributed by atoms with van der Waals surface area (Å²) in [4.78, 5) is 12.1. The Morgan fingerprint density at radius 1 is 1.07 bits per heavy atom. The van der Waals surface area contributed by atoms with Crippen molar-refractivity contribution < 1.29 is 19.2 Å². The highest BCUT2D eigenvalue weighted by Gasteiger charge is 2.59. The molecule has 0 unspecified atom stereocenters. The molecule has 6 heteroatoms. The number of oxime groups is 1. The summed E-state index contributed by atoms with van der Waals surface area (Å²) in [6.45, 7) is 16.8. The van der Waals surface area contributed by atoms with Gasteiger partial charge in [0.2, 0.25) is 0 Å². The van der Waals surface area contributed by atoms with Crippen molar-refractivity contribution in [3.8, 4) is 0 Å². The average Bonchev–Trinajstić information content (AvgIpc) is 3.38. The van der Waals surface area contributed by atoms with Crippen LogP contribution in [0.15, 0.2) is 102 Å². The van der Waals surface area contributed by atoms with Gasteiger partial charge in [0.1, 0.15) is 6.61 Å². The molecule has 3 aliphatic rings. The number of cyclic esters (lactones) is 1. The third kappa shape index (κ3) is 5.03. The van der Waals surface area contributed by atoms with E-state index in [1.54, 1.807) is 0 Å². The highest BCUT2D eigenvalue weighted by molar-refractivity contribution is 6.99. The molecule has 0 radical (unpaired) electrons. The number of ether oxygens (including phenoxy) is 1. The van der Waals surface area contributed by atoms with Crippen LogP contribution in [-0.4, -0.2) is 38.4 Å². The van der Waals surface area contributed by atoms with Crippen molar-refractivity contribution in [1.29, 1.82) is 0 Å². The van der Waals surface area contributed by atoms with Crippen molar-refractivity contribution in [1.82, 2.24) is 0 Å². The minimum atomic E-state index is -2.80. The molecule has 0 aromatic heterocycles. The van der Waals surface area contributed by atoms with E-state index in [1.165, 1.54) is 15.9 Å². The maximum absolute atomic E-state index is 12.1. The molecule has 0 spiro atoms. The normalized spacial score (nSPS) is 29.5. The fraction of sp³-hybridized carbons (Fsp3) is 0.444. The number of nitrogens with zero attached hydrogens (tertiary/aromatic N) is 1. The third-order valence-corrected chi connectivity index (χ3v) is 15.4. The van der Waals surface area contributed by atoms with E-state index in [-0.39, 0.29) is 28.3 Å². The second kappa shape index (κ2) is 11.5. The Morgan fingerprint density at radius 3 is 2.21 bits per heavy atom. The standard InChI is InChI=1S/C36H45NO4Si/c1-26-17-20-31-35(5,30(26)19-18-27-22-24-40-33(27)38)23-21-32(37-39)36(31,6)25-41-42(34(2,3)4,28-13-9-7-10-14-28)29-15-11-8-12-16-29/h7-16,18-19,22,30-31,39H,1,17,20-21,23-25H2,2-6H3/b19-18+,37-32+/t30-,31+,35+,36+/m1/s1. The Balaban J connectivity index is 1.56. The molecule has 2 aromatic rings. The van der Waals surface area contributed by atoms with Crippen molar-refractivity contribution in [2.75, 3.05) is 13.2 Å². The molecule has 1 heterocycles. The molecule has 0 saturated heterocycles. The Bertz CT molecular complexity index is 1370. The van der Waals surface area contributed by atoms with Crippen LogP contribution in [0.4, 0.5) is 0 Å². The van der Waals surface area contributed by atoms with Crippen molar-refractivity contribution in [2.24, 2.45) is 27.8 Å². The molecule has 2 fully saturated rings. The van der Waals surface area contributed by atoms with Gasteiger partial charge in [-0.2, -0.15) is 0 Å². The van der Waals surface area contributed by atoms with Crippen LogP contribution in [0.25, 0.3) is 0 Å². The number of rotatable bonds is 7. The first-order valence-corrected chi connectivity index (χ1v) is 17.1. The summed E-state index contributed by atoms with van der Waals surface area (Å²) in [6.07, 6.45) is 9.32. The van der Waals surface area contributed by atoms with E-state index in [1.807, 2.05) is 12.2 Å². The highest BCUT2D eigenvalue weighted by atomic mass is 28.4. The highest BCUT2D eigenvalue weighted by Crippen LogP contribution is 2.61. The Kier molecular flexibility index (Phi) is 8.25. The van der Waals surface area contributed by atoms with E-state index in [4.69, 9.17) is 9.16 Å². The summed E-state index contributed by atoms with van der Waals surface area (Å²) in [6, 6.07) is 21.4. The molecule has 2 saturated carbocycles. The average molecular weight is 584 g/mol. The van der Waals surface area contributed by atoms with E-state index in [0.717, 1.165) is 25.0 Å². The lowest BCUT2D eigenvalue weighted by Crippen LogP contribution is -2.68. The van der Waals surface area contributed by atoms with Crippen molar-refractivity contribution >= 4 is 30.4 Å². The zero-order chi connectivity index (χ0) is 30.2. The van der Waals surface area contributed by atoms with Crippen LogP contribution in [0.1, 0.15) is 60.3 Å². The summed E-state index contributed by atoms with van der Waals surface area (Å²) in [5.41, 5.74) is 2.01. The molecule has 222 valence electrons. The number of benzene rings is 2. The molecule has 1 aliphatic heterocycles. The van der Waals surface area contributed by atoms with E-state index in [2.05, 4.69) is 113 Å². The molecular formula is C36H45NO4Si. The summed E-state index contributed by atoms with van der Waals surface area (Å²) in [5.74, 6) is 0.0294. The lowest BCUT2D eigenvalue weighted by atomic mass is 9.47. The Morgan fingerprint density at radius 2 is 1.69 bits per heavy atom. The predicted octanol–water partition coefficient (Wildman–Crippen LogP) is 6.82. The molecule has 5 nitrogen and oxygen atoms in total. The van der Waals surface area contributed by atoms with E-state index < -0.39 is 13.7 Å². The summed E-state index contributed by atoms with van der Waals surface area (Å²) < 4.78 is 12.6. The number of allylic oxidation sites excluding steroid dienone is 2. The van der Waals surface area contributed by atoms with Gasteiger partial charge in [-0.1, -0.05) is 125 Å². The van der Waals surface area contributed by atoms with Gasteiger partial charge in [-0.05, 0) is 58.5 Å². The molecule has 2 aromatic carbocycles. The van der Waals surface area contributed by atoms with Crippen LogP contribution in [-0.2, 0) is 14.0 Å². The quantitative estimate of drug-likeness (QED) is 0.128. The zero-order valence-corrected chi connectivity index (χ0v) is 26.7. The van der Waals surface area contributed by atoms with Crippen LogP contribution >= 0.6 is 0 Å². The van der Waals surface area contributed by atoms with Crippen molar-refractivity contribution in [3.05, 3.63) is 96.6 Å². The van der Waals surface area contributed by atoms with Gasteiger partial charge in [0.25, 0.3) is 8.32 Å². The van der Waals surface area contributed by atoms with Crippen molar-refractivity contribution in [3.63, 3.8) is 0 Å². The topological polar surface area (TPSA) is 68.1 Å². The van der Waals surface area contributed by atoms with E-state index >= 15 is 0 Å². The van der Waals surface area contributed by atoms with Crippen LogP contribution in [0, 0.1) is 22.7 Å². The van der Waals surface area contributed by atoms with Gasteiger partial charge < -0.3 is 14.4 Å². The van der Waals surface area contributed by atoms with Gasteiger partial charge in [0.15, 0.2) is 0 Å².